The van der Waals surface area contributed by atoms with Crippen LogP contribution in [0.3, 0.4) is 0 Å². The second-order valence-electron chi connectivity index (χ2n) is 7.56. The van der Waals surface area contributed by atoms with Crippen LogP contribution in [0, 0.1) is 0 Å². The van der Waals surface area contributed by atoms with E-state index < -0.39 is 12.0 Å². The second-order valence-corrected chi connectivity index (χ2v) is 8.00. The van der Waals surface area contributed by atoms with E-state index in [4.69, 9.17) is 22.4 Å². The Morgan fingerprint density at radius 2 is 1.69 bits per heavy atom. The molecule has 0 radical (unpaired) electrons. The van der Waals surface area contributed by atoms with Crippen LogP contribution in [0.2, 0.25) is 5.02 Å². The maximum atomic E-state index is 11.2. The summed E-state index contributed by atoms with van der Waals surface area (Å²) in [6.07, 6.45) is 1.26. The summed E-state index contributed by atoms with van der Waals surface area (Å²) in [6, 6.07) is 20.5. The van der Waals surface area contributed by atoms with E-state index in [0.29, 0.717) is 23.6 Å². The molecule has 2 amide bonds. The molecule has 0 saturated heterocycles. The van der Waals surface area contributed by atoms with Crippen molar-refractivity contribution in [2.45, 2.75) is 19.3 Å². The van der Waals surface area contributed by atoms with Crippen LogP contribution >= 0.6 is 11.6 Å². The number of carbonyl (C=O) groups is 2. The van der Waals surface area contributed by atoms with Crippen LogP contribution in [-0.2, 0) is 11.2 Å². The molecule has 1 aromatic heterocycles. The molecule has 4 aromatic rings. The number of hydrogen-bond acceptors (Lipinski definition) is 2. The predicted molar refractivity (Wildman–Crippen MR) is 128 cm³/mol. The van der Waals surface area contributed by atoms with Gasteiger partial charge in [0.05, 0.1) is 0 Å². The average molecular weight is 448 g/mol. The van der Waals surface area contributed by atoms with Gasteiger partial charge in [-0.1, -0.05) is 41.9 Å². The molecule has 5 N–H and O–H groups in total. The third-order valence-corrected chi connectivity index (χ3v) is 5.57. The molecule has 0 atom stereocenters. The second kappa shape index (κ2) is 9.16. The number of amides is 2. The van der Waals surface area contributed by atoms with Gasteiger partial charge in [-0.3, -0.25) is 4.79 Å². The zero-order valence-electron chi connectivity index (χ0n) is 17.2. The minimum Gasteiger partial charge on any atom is -0.481 e. The van der Waals surface area contributed by atoms with Crippen molar-refractivity contribution < 1.29 is 14.7 Å². The number of benzene rings is 3. The summed E-state index contributed by atoms with van der Waals surface area (Å²) in [7, 11) is 0. The van der Waals surface area contributed by atoms with Crippen LogP contribution in [0.4, 0.5) is 10.5 Å². The largest absolute Gasteiger partial charge is 0.481 e. The van der Waals surface area contributed by atoms with Gasteiger partial charge in [-0.25, -0.2) is 4.79 Å². The number of halogens is 1. The van der Waals surface area contributed by atoms with Crippen LogP contribution in [0.5, 0.6) is 0 Å². The molecule has 0 unspecified atom stereocenters. The number of aryl methyl sites for hydroxylation is 1. The molecule has 0 aliphatic rings. The Kier molecular flexibility index (Phi) is 6.14. The van der Waals surface area contributed by atoms with Crippen molar-refractivity contribution in [3.05, 3.63) is 77.3 Å². The summed E-state index contributed by atoms with van der Waals surface area (Å²) in [6.45, 7) is 0. The van der Waals surface area contributed by atoms with E-state index in [2.05, 4.69) is 16.4 Å². The highest BCUT2D eigenvalue weighted by atomic mass is 35.5. The third-order valence-electron chi connectivity index (χ3n) is 5.32. The first-order valence-corrected chi connectivity index (χ1v) is 10.6. The van der Waals surface area contributed by atoms with Gasteiger partial charge in [0.25, 0.3) is 0 Å². The Labute approximate surface area is 190 Å². The van der Waals surface area contributed by atoms with Gasteiger partial charge in [0.15, 0.2) is 0 Å². The van der Waals surface area contributed by atoms with Crippen LogP contribution in [0.15, 0.2) is 66.7 Å². The Bertz CT molecular complexity index is 1300. The van der Waals surface area contributed by atoms with E-state index in [1.165, 1.54) is 0 Å². The highest BCUT2D eigenvalue weighted by molar-refractivity contribution is 6.30. The first kappa shape index (κ1) is 21.5. The number of primary amides is 1. The number of nitrogens with two attached hydrogens (primary N) is 1. The van der Waals surface area contributed by atoms with E-state index >= 15 is 0 Å². The van der Waals surface area contributed by atoms with Gasteiger partial charge in [-0.2, -0.15) is 0 Å². The molecule has 0 bridgehead atoms. The average Bonchev–Trinajstić information content (AvgIpc) is 3.11. The monoisotopic (exact) mass is 447 g/mol. The molecule has 1 heterocycles. The number of urea groups is 1. The Morgan fingerprint density at radius 3 is 2.41 bits per heavy atom. The lowest BCUT2D eigenvalue weighted by Gasteiger charge is -2.08. The van der Waals surface area contributed by atoms with Gasteiger partial charge >= 0.3 is 12.0 Å². The van der Waals surface area contributed by atoms with Gasteiger partial charge in [0.1, 0.15) is 0 Å². The van der Waals surface area contributed by atoms with Crippen molar-refractivity contribution >= 4 is 40.2 Å². The summed E-state index contributed by atoms with van der Waals surface area (Å²) in [5.74, 6) is -0.808. The molecule has 7 heteroatoms. The summed E-state index contributed by atoms with van der Waals surface area (Å²) in [5, 5.41) is 13.4. The molecule has 0 aliphatic heterocycles. The van der Waals surface area contributed by atoms with Crippen molar-refractivity contribution in [2.24, 2.45) is 5.73 Å². The number of rotatable bonds is 7. The summed E-state index contributed by atoms with van der Waals surface area (Å²) in [5.41, 5.74) is 11.8. The van der Waals surface area contributed by atoms with Crippen LogP contribution < -0.4 is 11.1 Å². The van der Waals surface area contributed by atoms with E-state index in [0.717, 1.165) is 38.9 Å². The summed E-state index contributed by atoms with van der Waals surface area (Å²) in [4.78, 5) is 25.8. The van der Waals surface area contributed by atoms with Gasteiger partial charge in [0.2, 0.25) is 0 Å². The van der Waals surface area contributed by atoms with E-state index in [-0.39, 0.29) is 6.42 Å². The number of aliphatic carboxylic acids is 1. The van der Waals surface area contributed by atoms with E-state index in [1.54, 1.807) is 6.07 Å². The lowest BCUT2D eigenvalue weighted by Crippen LogP contribution is -2.19. The lowest BCUT2D eigenvalue weighted by molar-refractivity contribution is -0.137. The number of carboxylic acids is 1. The first-order chi connectivity index (χ1) is 15.4. The van der Waals surface area contributed by atoms with Crippen molar-refractivity contribution in [1.82, 2.24) is 4.98 Å². The number of fused-ring (bicyclic) bond motifs is 1. The van der Waals surface area contributed by atoms with Gasteiger partial charge in [-0.05, 0) is 71.5 Å². The molecule has 0 fully saturated rings. The summed E-state index contributed by atoms with van der Waals surface area (Å²) >= 11 is 6.06. The number of hydrogen-bond donors (Lipinski definition) is 4. The molecule has 6 nitrogen and oxygen atoms in total. The SMILES string of the molecule is NC(=O)Nc1cccc(-c2ccc3[nH]c(-c4ccc(Cl)cc4)c(CCCC(=O)O)c3c2)c1. The molecule has 0 spiro atoms. The Balaban J connectivity index is 1.79. The molecule has 32 heavy (non-hydrogen) atoms. The first-order valence-electron chi connectivity index (χ1n) is 10.2. The highest BCUT2D eigenvalue weighted by Gasteiger charge is 2.15. The standard InChI is InChI=1S/C25H22ClN3O3/c26-18-10-7-15(8-11-18)24-20(5-2-6-23(30)31)21-14-17(9-12-22(21)29-24)16-3-1-4-19(13-16)28-25(27)32/h1,3-4,7-14,29H,2,5-6H2,(H,30,31)(H3,27,28,32). The Hall–Kier alpha value is -3.77. The fourth-order valence-corrected chi connectivity index (χ4v) is 4.01. The van der Waals surface area contributed by atoms with Gasteiger partial charge < -0.3 is 21.1 Å². The van der Waals surface area contributed by atoms with Crippen molar-refractivity contribution in [2.75, 3.05) is 5.32 Å². The molecular weight excluding hydrogens is 426 g/mol. The molecule has 0 aliphatic carbocycles. The number of aromatic nitrogens is 1. The van der Waals surface area contributed by atoms with Crippen molar-refractivity contribution in [1.29, 1.82) is 0 Å². The Morgan fingerprint density at radius 1 is 0.969 bits per heavy atom. The molecular formula is C25H22ClN3O3. The van der Waals surface area contributed by atoms with Crippen molar-refractivity contribution in [3.63, 3.8) is 0 Å². The third kappa shape index (κ3) is 4.76. The van der Waals surface area contributed by atoms with Crippen LogP contribution in [-0.4, -0.2) is 22.1 Å². The van der Waals surface area contributed by atoms with E-state index in [1.807, 2.05) is 54.6 Å². The zero-order chi connectivity index (χ0) is 22.7. The van der Waals surface area contributed by atoms with Crippen molar-refractivity contribution in [3.8, 4) is 22.4 Å². The molecule has 3 aromatic carbocycles. The number of aromatic amines is 1. The maximum absolute atomic E-state index is 11.2. The number of carbonyl (C=O) groups excluding carboxylic acids is 1. The molecule has 4 rings (SSSR count). The fourth-order valence-electron chi connectivity index (χ4n) is 3.89. The summed E-state index contributed by atoms with van der Waals surface area (Å²) < 4.78 is 0. The topological polar surface area (TPSA) is 108 Å². The molecule has 0 saturated carbocycles. The predicted octanol–water partition coefficient (Wildman–Crippen LogP) is 6.05. The minimum atomic E-state index is -0.808. The van der Waals surface area contributed by atoms with Gasteiger partial charge in [0, 0.05) is 33.7 Å². The number of carboxylic acid groups (broad SMARTS) is 1. The van der Waals surface area contributed by atoms with E-state index in [9.17, 15) is 9.59 Å². The molecule has 162 valence electrons. The zero-order valence-corrected chi connectivity index (χ0v) is 17.9. The quantitative estimate of drug-likeness (QED) is 0.276. The maximum Gasteiger partial charge on any atom is 0.316 e. The number of H-pyrrole nitrogens is 1. The number of nitrogens with one attached hydrogen (secondary N) is 2. The fraction of sp³-hybridized carbons (Fsp3) is 0.120. The van der Waals surface area contributed by atoms with Gasteiger partial charge in [-0.15, -0.1) is 0 Å². The van der Waals surface area contributed by atoms with Crippen LogP contribution in [0.1, 0.15) is 18.4 Å². The van der Waals surface area contributed by atoms with Crippen LogP contribution in [0.25, 0.3) is 33.3 Å². The smallest absolute Gasteiger partial charge is 0.316 e. The normalized spacial score (nSPS) is 10.9. The highest BCUT2D eigenvalue weighted by Crippen LogP contribution is 2.35. The lowest BCUT2D eigenvalue weighted by atomic mass is 9.97. The minimum absolute atomic E-state index is 0.104. The number of anilines is 1.